The molecule has 3 fully saturated rings. The Bertz CT molecular complexity index is 727. The van der Waals surface area contributed by atoms with Gasteiger partial charge in [0.15, 0.2) is 0 Å². The summed E-state index contributed by atoms with van der Waals surface area (Å²) < 4.78 is 52.3. The van der Waals surface area contributed by atoms with Crippen molar-refractivity contribution in [1.29, 1.82) is 0 Å². The average molecular weight is 373 g/mol. The molecule has 2 nitrogen and oxygen atoms in total. The van der Waals surface area contributed by atoms with Crippen LogP contribution in [0, 0.1) is 11.7 Å². The largest absolute Gasteiger partial charge is 0.417 e. The van der Waals surface area contributed by atoms with E-state index in [1.165, 1.54) is 18.3 Å². The van der Waals surface area contributed by atoms with Crippen molar-refractivity contribution in [3.63, 3.8) is 0 Å². The summed E-state index contributed by atoms with van der Waals surface area (Å²) in [5.74, 6) is 0.269. The Morgan fingerprint density at radius 3 is 2.40 bits per heavy atom. The first-order chi connectivity index (χ1) is 11.8. The van der Waals surface area contributed by atoms with Crippen LogP contribution in [0.25, 0.3) is 0 Å². The van der Waals surface area contributed by atoms with Crippen molar-refractivity contribution in [3.05, 3.63) is 58.5 Å². The van der Waals surface area contributed by atoms with Crippen LogP contribution in [0.1, 0.15) is 24.4 Å². The molecule has 25 heavy (non-hydrogen) atoms. The fourth-order valence-corrected chi connectivity index (χ4v) is 4.69. The van der Waals surface area contributed by atoms with E-state index < -0.39 is 11.7 Å². The summed E-state index contributed by atoms with van der Waals surface area (Å²) in [5.41, 5.74) is -0.120. The van der Waals surface area contributed by atoms with Gasteiger partial charge in [0.05, 0.1) is 18.2 Å². The van der Waals surface area contributed by atoms with Gasteiger partial charge in [-0.25, -0.2) is 4.39 Å². The molecule has 5 rings (SSSR count). The minimum Gasteiger partial charge on any atom is -0.363 e. The van der Waals surface area contributed by atoms with E-state index in [-0.39, 0.29) is 29.0 Å². The molecule has 0 amide bonds. The second-order valence-electron chi connectivity index (χ2n) is 7.07. The molecule has 4 aliphatic rings. The number of benzene rings is 1. The highest BCUT2D eigenvalue weighted by atomic mass is 35.5. The van der Waals surface area contributed by atoms with E-state index in [1.54, 1.807) is 12.1 Å². The molecule has 134 valence electrons. The van der Waals surface area contributed by atoms with Crippen LogP contribution >= 0.6 is 11.6 Å². The van der Waals surface area contributed by atoms with Crippen LogP contribution in [0.5, 0.6) is 0 Å². The van der Waals surface area contributed by atoms with E-state index >= 15 is 0 Å². The minimum atomic E-state index is -4.46. The lowest BCUT2D eigenvalue weighted by Gasteiger charge is -2.49. The molecular formula is C18H17ClF4N2. The van der Waals surface area contributed by atoms with Gasteiger partial charge in [-0.2, -0.15) is 13.2 Å². The molecule has 3 heterocycles. The van der Waals surface area contributed by atoms with Crippen molar-refractivity contribution in [2.24, 2.45) is 5.92 Å². The molecule has 7 heteroatoms. The number of nitrogens with one attached hydrogen (secondary N) is 1. The standard InChI is InChI=1S/C18H17ClF4N2/c19-15-10-25(6-5-14(15)18(21,22)23)16(12-1-3-13(20)4-2-12)17-7-11(8-17)9-24-17/h1-6,11,16,24H,7-10H2. The Labute approximate surface area is 148 Å². The molecule has 1 N–H and O–H groups in total. The molecule has 0 radical (unpaired) electrons. The highest BCUT2D eigenvalue weighted by Crippen LogP contribution is 2.53. The van der Waals surface area contributed by atoms with E-state index in [1.807, 2.05) is 4.90 Å². The van der Waals surface area contributed by atoms with Gasteiger partial charge in [-0.3, -0.25) is 0 Å². The topological polar surface area (TPSA) is 15.3 Å². The number of nitrogens with zero attached hydrogens (tertiary/aromatic N) is 1. The van der Waals surface area contributed by atoms with Gasteiger partial charge >= 0.3 is 6.18 Å². The highest BCUT2D eigenvalue weighted by Gasteiger charge is 2.56. The zero-order chi connectivity index (χ0) is 17.8. The van der Waals surface area contributed by atoms with Gasteiger partial charge in [0.2, 0.25) is 0 Å². The molecule has 0 aromatic heterocycles. The number of fused-ring (bicyclic) bond motifs is 1. The quantitative estimate of drug-likeness (QED) is 0.786. The van der Waals surface area contributed by atoms with E-state index in [2.05, 4.69) is 5.32 Å². The van der Waals surface area contributed by atoms with Crippen LogP contribution in [0.3, 0.4) is 0 Å². The lowest BCUT2D eigenvalue weighted by Crippen LogP contribution is -2.54. The zero-order valence-corrected chi connectivity index (χ0v) is 14.0. The summed E-state index contributed by atoms with van der Waals surface area (Å²) in [6, 6.07) is 5.98. The Morgan fingerprint density at radius 2 is 1.88 bits per heavy atom. The molecule has 0 spiro atoms. The zero-order valence-electron chi connectivity index (χ0n) is 13.3. The molecule has 1 aliphatic carbocycles. The maximum atomic E-state index is 13.3. The first kappa shape index (κ1) is 16.9. The van der Waals surface area contributed by atoms with Crippen LogP contribution < -0.4 is 5.32 Å². The predicted octanol–water partition coefficient (Wildman–Crippen LogP) is 4.50. The van der Waals surface area contributed by atoms with E-state index in [0.29, 0.717) is 5.92 Å². The second-order valence-corrected chi connectivity index (χ2v) is 7.53. The van der Waals surface area contributed by atoms with Crippen molar-refractivity contribution in [1.82, 2.24) is 10.2 Å². The summed E-state index contributed by atoms with van der Waals surface area (Å²) in [4.78, 5) is 1.83. The van der Waals surface area contributed by atoms with E-state index in [9.17, 15) is 17.6 Å². The van der Waals surface area contributed by atoms with Gasteiger partial charge in [-0.05, 0) is 49.1 Å². The van der Waals surface area contributed by atoms with Gasteiger partial charge in [0.1, 0.15) is 5.82 Å². The molecular weight excluding hydrogens is 356 g/mol. The molecule has 1 saturated carbocycles. The fourth-order valence-electron chi connectivity index (χ4n) is 4.38. The number of alkyl halides is 3. The van der Waals surface area contributed by atoms with Crippen molar-refractivity contribution in [3.8, 4) is 0 Å². The Kier molecular flexibility index (Phi) is 3.88. The average Bonchev–Trinajstić information content (AvgIpc) is 3.09. The number of halogens is 5. The van der Waals surface area contributed by atoms with Crippen molar-refractivity contribution in [2.45, 2.75) is 30.6 Å². The molecule has 3 aliphatic heterocycles. The van der Waals surface area contributed by atoms with Gasteiger partial charge in [-0.15, -0.1) is 0 Å². The smallest absolute Gasteiger partial charge is 0.363 e. The summed E-state index contributed by atoms with van der Waals surface area (Å²) >= 11 is 5.97. The summed E-state index contributed by atoms with van der Waals surface area (Å²) in [7, 11) is 0. The van der Waals surface area contributed by atoms with E-state index in [4.69, 9.17) is 11.6 Å². The SMILES string of the molecule is Fc1ccc(C(N2C=CC(C(F)(F)F)=C(Cl)C2)C23CC(CN2)C3)cc1. The first-order valence-corrected chi connectivity index (χ1v) is 8.57. The second kappa shape index (κ2) is 5.74. The molecule has 2 saturated heterocycles. The highest BCUT2D eigenvalue weighted by molar-refractivity contribution is 6.30. The predicted molar refractivity (Wildman–Crippen MR) is 87.4 cm³/mol. The molecule has 1 unspecified atom stereocenters. The molecule has 1 aromatic carbocycles. The molecule has 1 aromatic rings. The number of allylic oxidation sites excluding steroid dienone is 2. The Balaban J connectivity index is 1.68. The van der Waals surface area contributed by atoms with Crippen LogP contribution in [0.2, 0.25) is 0 Å². The summed E-state index contributed by atoms with van der Waals surface area (Å²) in [6.07, 6.45) is -0.0366. The normalized spacial score (nSPS) is 29.8. The van der Waals surface area contributed by atoms with Crippen molar-refractivity contribution >= 4 is 11.6 Å². The van der Waals surface area contributed by atoms with Crippen LogP contribution in [-0.2, 0) is 0 Å². The third kappa shape index (κ3) is 2.85. The summed E-state index contributed by atoms with van der Waals surface area (Å²) in [6.45, 7) is 0.898. The van der Waals surface area contributed by atoms with Crippen LogP contribution in [0.15, 0.2) is 47.1 Å². The Morgan fingerprint density at radius 1 is 1.20 bits per heavy atom. The third-order valence-corrected chi connectivity index (χ3v) is 5.76. The number of hydrogen-bond acceptors (Lipinski definition) is 2. The van der Waals surface area contributed by atoms with Crippen LogP contribution in [-0.4, -0.2) is 29.7 Å². The maximum Gasteiger partial charge on any atom is 0.417 e. The van der Waals surface area contributed by atoms with Crippen LogP contribution in [0.4, 0.5) is 17.6 Å². The lowest BCUT2D eigenvalue weighted by molar-refractivity contribution is -0.0894. The van der Waals surface area contributed by atoms with Gasteiger partial charge in [-0.1, -0.05) is 23.7 Å². The van der Waals surface area contributed by atoms with Crippen molar-refractivity contribution < 1.29 is 17.6 Å². The third-order valence-electron chi connectivity index (χ3n) is 5.44. The number of hydrogen-bond donors (Lipinski definition) is 1. The number of rotatable bonds is 3. The van der Waals surface area contributed by atoms with E-state index in [0.717, 1.165) is 31.0 Å². The Hall–Kier alpha value is -1.53. The first-order valence-electron chi connectivity index (χ1n) is 8.19. The molecule has 2 bridgehead atoms. The van der Waals surface area contributed by atoms with Gasteiger partial charge < -0.3 is 10.2 Å². The minimum absolute atomic E-state index is 0.0109. The molecule has 1 atom stereocenters. The maximum absolute atomic E-state index is 13.3. The lowest BCUT2D eigenvalue weighted by atomic mass is 9.67. The van der Waals surface area contributed by atoms with Crippen molar-refractivity contribution in [2.75, 3.05) is 13.1 Å². The monoisotopic (exact) mass is 372 g/mol. The fraction of sp³-hybridized carbons (Fsp3) is 0.444. The summed E-state index contributed by atoms with van der Waals surface area (Å²) in [5, 5.41) is 3.31. The van der Waals surface area contributed by atoms with Gasteiger partial charge in [0.25, 0.3) is 0 Å². The van der Waals surface area contributed by atoms with Gasteiger partial charge in [0, 0.05) is 16.8 Å².